The summed E-state index contributed by atoms with van der Waals surface area (Å²) in [6.07, 6.45) is -0.192. The molecule has 0 saturated carbocycles. The van der Waals surface area contributed by atoms with E-state index >= 15 is 0 Å². The van der Waals surface area contributed by atoms with E-state index in [1.807, 2.05) is 5.32 Å². The van der Waals surface area contributed by atoms with E-state index in [2.05, 4.69) is 16.4 Å². The van der Waals surface area contributed by atoms with Crippen LogP contribution >= 0.6 is 0 Å². The summed E-state index contributed by atoms with van der Waals surface area (Å²) in [6, 6.07) is 0. The third kappa shape index (κ3) is 4.52. The largest absolute Gasteiger partial charge is 0.407 e. The fourth-order valence-corrected chi connectivity index (χ4v) is 0.781. The first-order valence-corrected chi connectivity index (χ1v) is 5.09. The maximum atomic E-state index is 11.4. The second-order valence-corrected chi connectivity index (χ2v) is 3.49. The van der Waals surface area contributed by atoms with Gasteiger partial charge in [0.05, 0.1) is 6.54 Å². The summed E-state index contributed by atoms with van der Waals surface area (Å²) in [5, 5.41) is 11.7. The minimum Gasteiger partial charge on any atom is -0.362 e. The highest BCUT2D eigenvalue weighted by Crippen LogP contribution is 2.09. The molecular weight excluding hydrogens is 244 g/mol. The number of carbonyl (C=O) groups is 3. The van der Waals surface area contributed by atoms with E-state index in [9.17, 15) is 19.5 Å². The molecule has 1 atom stereocenters. The predicted octanol–water partition coefficient (Wildman–Crippen LogP) is -1.26. The van der Waals surface area contributed by atoms with Crippen molar-refractivity contribution in [2.75, 3.05) is 6.54 Å². The summed E-state index contributed by atoms with van der Waals surface area (Å²) in [5.74, 6) is -3.06. The van der Waals surface area contributed by atoms with E-state index in [-0.39, 0.29) is 12.0 Å². The number of hydrogen-bond donors (Lipinski definition) is 3. The molecule has 0 heterocycles. The lowest BCUT2D eigenvalue weighted by Gasteiger charge is -2.23. The molecule has 1 amide bonds. The van der Waals surface area contributed by atoms with Crippen LogP contribution in [0, 0.1) is 0 Å². The van der Waals surface area contributed by atoms with Crippen molar-refractivity contribution in [1.29, 1.82) is 0 Å². The summed E-state index contributed by atoms with van der Waals surface area (Å²) in [7, 11) is 0. The number of nitrogens with two attached hydrogens (primary N) is 1. The molecule has 0 aliphatic rings. The molecule has 102 valence electrons. The average Bonchev–Trinajstić information content (AvgIpc) is 2.34. The monoisotopic (exact) mass is 260 g/mol. The summed E-state index contributed by atoms with van der Waals surface area (Å²) < 4.78 is 0. The number of nitrogens with one attached hydrogen (secondary N) is 1. The maximum absolute atomic E-state index is 11.4. The Kier molecular flexibility index (Phi) is 6.00. The Labute approximate surface area is 104 Å². The molecule has 4 N–H and O–H groups in total. The smallest absolute Gasteiger partial charge is 0.362 e. The van der Waals surface area contributed by atoms with Crippen LogP contribution in [0.2, 0.25) is 0 Å². The SMILES string of the molecule is C=C(C)C(=O)OOC(=O)C(O)(CC)NC(=O)CN. The van der Waals surface area contributed by atoms with Crippen LogP contribution in [0.25, 0.3) is 0 Å². The zero-order valence-electron chi connectivity index (χ0n) is 10.2. The Morgan fingerprint density at radius 2 is 1.94 bits per heavy atom. The average molecular weight is 260 g/mol. The van der Waals surface area contributed by atoms with E-state index in [0.717, 1.165) is 0 Å². The molecule has 0 aliphatic heterocycles. The Bertz CT molecular complexity index is 367. The molecule has 0 aromatic heterocycles. The Balaban J connectivity index is 4.56. The topological polar surface area (TPSA) is 128 Å². The van der Waals surface area contributed by atoms with Gasteiger partial charge in [-0.2, -0.15) is 0 Å². The molecule has 0 aliphatic carbocycles. The van der Waals surface area contributed by atoms with Gasteiger partial charge in [-0.25, -0.2) is 19.4 Å². The number of amides is 1. The van der Waals surface area contributed by atoms with Gasteiger partial charge in [0, 0.05) is 12.0 Å². The fourth-order valence-electron chi connectivity index (χ4n) is 0.781. The molecular formula is C10H16N2O6. The second kappa shape index (κ2) is 6.72. The minimum absolute atomic E-state index is 0.00818. The third-order valence-electron chi connectivity index (χ3n) is 1.92. The molecule has 0 bridgehead atoms. The second-order valence-electron chi connectivity index (χ2n) is 3.49. The quantitative estimate of drug-likeness (QED) is 0.243. The predicted molar refractivity (Wildman–Crippen MR) is 59.4 cm³/mol. The van der Waals surface area contributed by atoms with Gasteiger partial charge in [0.1, 0.15) is 0 Å². The van der Waals surface area contributed by atoms with E-state index in [1.54, 1.807) is 0 Å². The summed E-state index contributed by atoms with van der Waals surface area (Å²) in [4.78, 5) is 41.6. The molecule has 0 radical (unpaired) electrons. The van der Waals surface area contributed by atoms with Gasteiger partial charge in [0.2, 0.25) is 11.6 Å². The van der Waals surface area contributed by atoms with E-state index in [4.69, 9.17) is 5.73 Å². The van der Waals surface area contributed by atoms with Crippen LogP contribution in [0.1, 0.15) is 20.3 Å². The van der Waals surface area contributed by atoms with Gasteiger partial charge in [-0.1, -0.05) is 13.5 Å². The normalized spacial score (nSPS) is 13.1. The van der Waals surface area contributed by atoms with Crippen LogP contribution in [0.4, 0.5) is 0 Å². The lowest BCUT2D eigenvalue weighted by Crippen LogP contribution is -2.56. The van der Waals surface area contributed by atoms with Crippen molar-refractivity contribution in [3.05, 3.63) is 12.2 Å². The number of aliphatic hydroxyl groups is 1. The van der Waals surface area contributed by atoms with Crippen LogP contribution in [0.5, 0.6) is 0 Å². The number of rotatable bonds is 5. The molecule has 18 heavy (non-hydrogen) atoms. The van der Waals surface area contributed by atoms with Gasteiger partial charge in [0.25, 0.3) is 0 Å². The van der Waals surface area contributed by atoms with Crippen molar-refractivity contribution >= 4 is 17.8 Å². The van der Waals surface area contributed by atoms with Crippen LogP contribution < -0.4 is 11.1 Å². The molecule has 0 aromatic rings. The first kappa shape index (κ1) is 16.1. The third-order valence-corrected chi connectivity index (χ3v) is 1.92. The Morgan fingerprint density at radius 1 is 1.39 bits per heavy atom. The van der Waals surface area contributed by atoms with Crippen LogP contribution in [0.15, 0.2) is 12.2 Å². The van der Waals surface area contributed by atoms with Crippen molar-refractivity contribution in [3.8, 4) is 0 Å². The van der Waals surface area contributed by atoms with Crippen LogP contribution in [-0.4, -0.2) is 35.2 Å². The molecule has 0 aromatic carbocycles. The molecule has 8 heteroatoms. The summed E-state index contributed by atoms with van der Waals surface area (Å²) in [5.41, 5.74) is 2.73. The number of hydrogen-bond acceptors (Lipinski definition) is 7. The standard InChI is InChI=1S/C10H16N2O6/c1-4-10(16,12-7(13)5-11)9(15)18-17-8(14)6(2)3/h16H,2,4-5,11H2,1,3H3,(H,12,13). The number of carbonyl (C=O) groups excluding carboxylic acids is 3. The van der Waals surface area contributed by atoms with Crippen molar-refractivity contribution < 1.29 is 29.3 Å². The van der Waals surface area contributed by atoms with Crippen molar-refractivity contribution in [2.45, 2.75) is 26.0 Å². The van der Waals surface area contributed by atoms with Crippen molar-refractivity contribution in [3.63, 3.8) is 0 Å². The highest BCUT2D eigenvalue weighted by atomic mass is 17.2. The van der Waals surface area contributed by atoms with Crippen molar-refractivity contribution in [2.24, 2.45) is 5.73 Å². The maximum Gasteiger partial charge on any atom is 0.407 e. The van der Waals surface area contributed by atoms with Crippen LogP contribution in [-0.2, 0) is 24.2 Å². The molecule has 0 spiro atoms. The molecule has 8 nitrogen and oxygen atoms in total. The lowest BCUT2D eigenvalue weighted by molar-refractivity contribution is -0.269. The van der Waals surface area contributed by atoms with Gasteiger partial charge in [0.15, 0.2) is 0 Å². The van der Waals surface area contributed by atoms with E-state index in [0.29, 0.717) is 0 Å². The van der Waals surface area contributed by atoms with Crippen molar-refractivity contribution in [1.82, 2.24) is 5.32 Å². The highest BCUT2D eigenvalue weighted by molar-refractivity contribution is 5.89. The van der Waals surface area contributed by atoms with Gasteiger partial charge in [-0.15, -0.1) is 0 Å². The van der Waals surface area contributed by atoms with Crippen LogP contribution in [0.3, 0.4) is 0 Å². The molecule has 1 unspecified atom stereocenters. The van der Waals surface area contributed by atoms with Gasteiger partial charge < -0.3 is 16.2 Å². The Morgan fingerprint density at radius 3 is 2.33 bits per heavy atom. The minimum atomic E-state index is -2.30. The van der Waals surface area contributed by atoms with Gasteiger partial charge in [-0.05, 0) is 6.92 Å². The summed E-state index contributed by atoms with van der Waals surface area (Å²) in [6.45, 7) is 5.61. The summed E-state index contributed by atoms with van der Waals surface area (Å²) >= 11 is 0. The highest BCUT2D eigenvalue weighted by Gasteiger charge is 2.39. The first-order valence-electron chi connectivity index (χ1n) is 5.09. The molecule has 0 rings (SSSR count). The lowest BCUT2D eigenvalue weighted by atomic mass is 10.1. The molecule has 0 fully saturated rings. The van der Waals surface area contributed by atoms with E-state index in [1.165, 1.54) is 13.8 Å². The van der Waals surface area contributed by atoms with E-state index < -0.39 is 30.1 Å². The Hall–Kier alpha value is -1.93. The fraction of sp³-hybridized carbons (Fsp3) is 0.500. The molecule has 0 saturated heterocycles. The zero-order chi connectivity index (χ0) is 14.3. The zero-order valence-corrected chi connectivity index (χ0v) is 10.2. The first-order chi connectivity index (χ1) is 8.26. The van der Waals surface area contributed by atoms with Gasteiger partial charge in [-0.3, -0.25) is 4.79 Å². The van der Waals surface area contributed by atoms with Gasteiger partial charge >= 0.3 is 11.9 Å².